The standard InChI is InChI=1S/C11H14BrF3N2O.C10H14/c1-3-4-17-10-7(18-2)5-6(11(13,14)15)8(12)9(10)16;1-8(2)10-6-4-9(3)5-7-10/h5,17H,3-4,16H2,1-2H3;4-8H,1-3H3. The number of ether oxygens (including phenoxy) is 1. The molecule has 0 heterocycles. The second-order valence-electron chi connectivity index (χ2n) is 6.72. The topological polar surface area (TPSA) is 47.3 Å². The Morgan fingerprint density at radius 1 is 1.18 bits per heavy atom. The van der Waals surface area contributed by atoms with Crippen LogP contribution in [0.4, 0.5) is 24.5 Å². The van der Waals surface area contributed by atoms with Crippen LogP contribution in [-0.4, -0.2) is 13.7 Å². The van der Waals surface area contributed by atoms with E-state index in [0.717, 1.165) is 12.5 Å². The minimum atomic E-state index is -4.48. The average Bonchev–Trinajstić information content (AvgIpc) is 2.62. The van der Waals surface area contributed by atoms with Crippen molar-refractivity contribution in [3.63, 3.8) is 0 Å². The molecule has 0 atom stereocenters. The number of hydrogen-bond donors (Lipinski definition) is 2. The van der Waals surface area contributed by atoms with Crippen LogP contribution in [-0.2, 0) is 6.18 Å². The van der Waals surface area contributed by atoms with Crippen molar-refractivity contribution in [3.8, 4) is 5.75 Å². The lowest BCUT2D eigenvalue weighted by Gasteiger charge is -2.18. The van der Waals surface area contributed by atoms with Crippen molar-refractivity contribution in [2.75, 3.05) is 24.7 Å². The number of anilines is 2. The summed E-state index contributed by atoms with van der Waals surface area (Å²) >= 11 is 2.88. The van der Waals surface area contributed by atoms with Gasteiger partial charge in [-0.25, -0.2) is 0 Å². The zero-order valence-corrected chi connectivity index (χ0v) is 18.5. The number of alkyl halides is 3. The van der Waals surface area contributed by atoms with Crippen LogP contribution < -0.4 is 15.8 Å². The van der Waals surface area contributed by atoms with Crippen molar-refractivity contribution in [2.45, 2.75) is 46.2 Å². The molecule has 0 saturated carbocycles. The summed E-state index contributed by atoms with van der Waals surface area (Å²) in [5, 5.41) is 2.95. The van der Waals surface area contributed by atoms with Gasteiger partial charge in [0.1, 0.15) is 11.4 Å². The van der Waals surface area contributed by atoms with Gasteiger partial charge in [-0.05, 0) is 46.8 Å². The molecule has 0 unspecified atom stereocenters. The number of nitrogen functional groups attached to an aromatic ring is 1. The lowest BCUT2D eigenvalue weighted by Crippen LogP contribution is -2.11. The van der Waals surface area contributed by atoms with Gasteiger partial charge in [0, 0.05) is 6.54 Å². The number of rotatable bonds is 5. The Labute approximate surface area is 173 Å². The molecule has 2 aromatic rings. The second kappa shape index (κ2) is 10.6. The monoisotopic (exact) mass is 460 g/mol. The van der Waals surface area contributed by atoms with Gasteiger partial charge in [0.15, 0.2) is 0 Å². The van der Waals surface area contributed by atoms with Crippen LogP contribution in [0.2, 0.25) is 0 Å². The number of halogens is 4. The molecule has 0 aliphatic carbocycles. The maximum atomic E-state index is 12.8. The Morgan fingerprint density at radius 2 is 1.75 bits per heavy atom. The van der Waals surface area contributed by atoms with Crippen molar-refractivity contribution in [1.82, 2.24) is 0 Å². The minimum Gasteiger partial charge on any atom is -0.494 e. The molecule has 0 aliphatic rings. The molecule has 2 aromatic carbocycles. The highest BCUT2D eigenvalue weighted by Gasteiger charge is 2.35. The largest absolute Gasteiger partial charge is 0.494 e. The predicted octanol–water partition coefficient (Wildman–Crippen LogP) is 7.00. The summed E-state index contributed by atoms with van der Waals surface area (Å²) in [5.41, 5.74) is 7.99. The SMILES string of the molecule is CCCNc1c(OC)cc(C(F)(F)F)c(Br)c1N.Cc1ccc(C(C)C)cc1. The molecule has 0 amide bonds. The first-order chi connectivity index (χ1) is 13.0. The van der Waals surface area contributed by atoms with Crippen LogP contribution in [0.1, 0.15) is 49.8 Å². The van der Waals surface area contributed by atoms with E-state index in [1.165, 1.54) is 18.2 Å². The molecule has 0 aliphatic heterocycles. The Bertz CT molecular complexity index is 760. The van der Waals surface area contributed by atoms with E-state index in [4.69, 9.17) is 10.5 Å². The first-order valence-electron chi connectivity index (χ1n) is 9.06. The normalized spacial score (nSPS) is 11.1. The fourth-order valence-corrected chi connectivity index (χ4v) is 2.94. The zero-order chi connectivity index (χ0) is 21.5. The highest BCUT2D eigenvalue weighted by Crippen LogP contribution is 2.45. The van der Waals surface area contributed by atoms with Gasteiger partial charge in [-0.1, -0.05) is 50.6 Å². The smallest absolute Gasteiger partial charge is 0.417 e. The van der Waals surface area contributed by atoms with Gasteiger partial charge in [-0.3, -0.25) is 0 Å². The van der Waals surface area contributed by atoms with E-state index in [1.54, 1.807) is 0 Å². The van der Waals surface area contributed by atoms with E-state index in [9.17, 15) is 13.2 Å². The molecule has 3 N–H and O–H groups in total. The molecular formula is C21H28BrF3N2O. The molecule has 3 nitrogen and oxygen atoms in total. The van der Waals surface area contributed by atoms with Crippen LogP contribution >= 0.6 is 15.9 Å². The summed E-state index contributed by atoms with van der Waals surface area (Å²) in [4.78, 5) is 0. The molecule has 28 heavy (non-hydrogen) atoms. The number of methoxy groups -OCH3 is 1. The lowest BCUT2D eigenvalue weighted by atomic mass is 10.0. The predicted molar refractivity (Wildman–Crippen MR) is 114 cm³/mol. The van der Waals surface area contributed by atoms with Crippen LogP contribution in [0.3, 0.4) is 0 Å². The number of aryl methyl sites for hydroxylation is 1. The third kappa shape index (κ3) is 6.62. The van der Waals surface area contributed by atoms with E-state index in [2.05, 4.69) is 66.3 Å². The number of nitrogens with one attached hydrogen (secondary N) is 1. The van der Waals surface area contributed by atoms with Crippen molar-refractivity contribution >= 4 is 27.3 Å². The molecule has 7 heteroatoms. The summed E-state index contributed by atoms with van der Waals surface area (Å²) in [7, 11) is 1.31. The first kappa shape index (κ1) is 24.1. The van der Waals surface area contributed by atoms with Gasteiger partial charge in [-0.2, -0.15) is 13.2 Å². The van der Waals surface area contributed by atoms with Gasteiger partial charge < -0.3 is 15.8 Å². The molecule has 156 valence electrons. The summed E-state index contributed by atoms with van der Waals surface area (Å²) in [6.07, 6.45) is -3.66. The van der Waals surface area contributed by atoms with Crippen LogP contribution in [0, 0.1) is 6.92 Å². The van der Waals surface area contributed by atoms with Crippen LogP contribution in [0.25, 0.3) is 0 Å². The Hall–Kier alpha value is -1.89. The molecule has 0 radical (unpaired) electrons. The van der Waals surface area contributed by atoms with Crippen molar-refractivity contribution in [2.24, 2.45) is 0 Å². The van der Waals surface area contributed by atoms with E-state index >= 15 is 0 Å². The van der Waals surface area contributed by atoms with Gasteiger partial charge in [0.05, 0.1) is 22.8 Å². The summed E-state index contributed by atoms with van der Waals surface area (Å²) < 4.78 is 43.1. The maximum absolute atomic E-state index is 12.8. The molecule has 0 fully saturated rings. The fourth-order valence-electron chi connectivity index (χ4n) is 2.41. The number of hydrogen-bond acceptors (Lipinski definition) is 3. The second-order valence-corrected chi connectivity index (χ2v) is 7.51. The van der Waals surface area contributed by atoms with Gasteiger partial charge in [-0.15, -0.1) is 0 Å². The van der Waals surface area contributed by atoms with Crippen LogP contribution in [0.15, 0.2) is 34.8 Å². The Balaban J connectivity index is 0.000000330. The molecule has 0 aromatic heterocycles. The number of benzene rings is 2. The van der Waals surface area contributed by atoms with E-state index in [0.29, 0.717) is 18.2 Å². The highest BCUT2D eigenvalue weighted by atomic mass is 79.9. The third-order valence-corrected chi connectivity index (χ3v) is 4.94. The maximum Gasteiger partial charge on any atom is 0.417 e. The number of nitrogens with two attached hydrogens (primary N) is 1. The first-order valence-corrected chi connectivity index (χ1v) is 9.85. The fraction of sp³-hybridized carbons (Fsp3) is 0.429. The van der Waals surface area contributed by atoms with E-state index in [1.807, 2.05) is 6.92 Å². The molecule has 0 saturated heterocycles. The minimum absolute atomic E-state index is 0.00451. The highest BCUT2D eigenvalue weighted by molar-refractivity contribution is 9.10. The third-order valence-electron chi connectivity index (χ3n) is 4.09. The summed E-state index contributed by atoms with van der Waals surface area (Å²) in [6.45, 7) is 9.08. The zero-order valence-electron chi connectivity index (χ0n) is 16.9. The Morgan fingerprint density at radius 3 is 2.18 bits per heavy atom. The Kier molecular flexibility index (Phi) is 9.14. The van der Waals surface area contributed by atoms with Crippen LogP contribution in [0.5, 0.6) is 5.75 Å². The molecular weight excluding hydrogens is 433 g/mol. The quantitative estimate of drug-likeness (QED) is 0.472. The summed E-state index contributed by atoms with van der Waals surface area (Å²) in [5.74, 6) is 0.733. The molecule has 0 bridgehead atoms. The van der Waals surface area contributed by atoms with Gasteiger partial charge >= 0.3 is 6.18 Å². The average molecular weight is 461 g/mol. The lowest BCUT2D eigenvalue weighted by molar-refractivity contribution is -0.138. The van der Waals surface area contributed by atoms with Gasteiger partial charge in [0.25, 0.3) is 0 Å². The van der Waals surface area contributed by atoms with E-state index < -0.39 is 11.7 Å². The molecule has 0 spiro atoms. The summed E-state index contributed by atoms with van der Waals surface area (Å²) in [6, 6.07) is 9.64. The van der Waals surface area contributed by atoms with E-state index in [-0.39, 0.29) is 15.9 Å². The molecule has 2 rings (SSSR count). The van der Waals surface area contributed by atoms with Crippen molar-refractivity contribution in [1.29, 1.82) is 0 Å². The van der Waals surface area contributed by atoms with Gasteiger partial charge in [0.2, 0.25) is 0 Å². The van der Waals surface area contributed by atoms with Crippen molar-refractivity contribution in [3.05, 3.63) is 51.5 Å². The van der Waals surface area contributed by atoms with Crippen molar-refractivity contribution < 1.29 is 17.9 Å².